The first-order valence-corrected chi connectivity index (χ1v) is 8.35. The summed E-state index contributed by atoms with van der Waals surface area (Å²) in [7, 11) is -3.09. The van der Waals surface area contributed by atoms with E-state index in [4.69, 9.17) is 0 Å². The van der Waals surface area contributed by atoms with Gasteiger partial charge in [0, 0.05) is 11.6 Å². The largest absolute Gasteiger partial charge is 0.229 e. The van der Waals surface area contributed by atoms with Crippen molar-refractivity contribution in [2.45, 2.75) is 4.83 Å². The Morgan fingerprint density at radius 1 is 1.17 bits per heavy atom. The lowest BCUT2D eigenvalue weighted by Gasteiger charge is -2.12. The molecule has 0 aliphatic heterocycles. The van der Waals surface area contributed by atoms with Crippen molar-refractivity contribution >= 4 is 36.5 Å². The fourth-order valence-electron chi connectivity index (χ4n) is 1.91. The van der Waals surface area contributed by atoms with Gasteiger partial charge < -0.3 is 0 Å². The normalized spacial score (nSPS) is 13.7. The first kappa shape index (κ1) is 13.5. The summed E-state index contributed by atoms with van der Waals surface area (Å²) < 4.78 is 36.3. The van der Waals surface area contributed by atoms with Crippen molar-refractivity contribution in [3.05, 3.63) is 47.8 Å². The van der Waals surface area contributed by atoms with Gasteiger partial charge in [-0.1, -0.05) is 46.3 Å². The number of benzene rings is 2. The van der Waals surface area contributed by atoms with E-state index in [2.05, 4.69) is 15.9 Å². The maximum Gasteiger partial charge on any atom is 0.148 e. The van der Waals surface area contributed by atoms with Gasteiger partial charge in [0.05, 0.1) is 10.6 Å². The number of alkyl halides is 1. The lowest BCUT2D eigenvalue weighted by atomic mass is 10.0. The summed E-state index contributed by atoms with van der Waals surface area (Å²) in [6.07, 6.45) is 1.19. The highest BCUT2D eigenvalue weighted by molar-refractivity contribution is 9.09. The molecule has 0 radical (unpaired) electrons. The molecule has 1 unspecified atom stereocenters. The van der Waals surface area contributed by atoms with Gasteiger partial charge in [-0.25, -0.2) is 12.8 Å². The van der Waals surface area contributed by atoms with Crippen molar-refractivity contribution in [3.8, 4) is 0 Å². The predicted molar refractivity (Wildman–Crippen MR) is 75.3 cm³/mol. The molecule has 2 nitrogen and oxygen atoms in total. The van der Waals surface area contributed by atoms with E-state index in [1.165, 1.54) is 12.3 Å². The zero-order chi connectivity index (χ0) is 13.3. The maximum absolute atomic E-state index is 13.6. The number of fused-ring (bicyclic) bond motifs is 1. The Kier molecular flexibility index (Phi) is 3.73. The van der Waals surface area contributed by atoms with Gasteiger partial charge in [-0.3, -0.25) is 0 Å². The second-order valence-corrected chi connectivity index (χ2v) is 7.53. The summed E-state index contributed by atoms with van der Waals surface area (Å²) in [5.74, 6) is -0.309. The molecule has 0 bridgehead atoms. The molecule has 2 rings (SSSR count). The third kappa shape index (κ3) is 2.90. The van der Waals surface area contributed by atoms with Crippen LogP contribution in [0.2, 0.25) is 0 Å². The molecule has 96 valence electrons. The van der Waals surface area contributed by atoms with Crippen LogP contribution in [0.25, 0.3) is 10.8 Å². The number of sulfone groups is 1. The SMILES string of the molecule is CS(=O)(=O)CC(Br)c1ccc(F)c2ccccc12. The van der Waals surface area contributed by atoms with E-state index in [1.807, 2.05) is 6.07 Å². The van der Waals surface area contributed by atoms with Crippen molar-refractivity contribution in [1.82, 2.24) is 0 Å². The van der Waals surface area contributed by atoms with E-state index >= 15 is 0 Å². The fraction of sp³-hybridized carbons (Fsp3) is 0.231. The van der Waals surface area contributed by atoms with Crippen LogP contribution in [0.15, 0.2) is 36.4 Å². The van der Waals surface area contributed by atoms with Crippen molar-refractivity contribution in [2.24, 2.45) is 0 Å². The Morgan fingerprint density at radius 3 is 2.39 bits per heavy atom. The van der Waals surface area contributed by atoms with E-state index in [-0.39, 0.29) is 16.4 Å². The smallest absolute Gasteiger partial charge is 0.148 e. The molecule has 5 heteroatoms. The van der Waals surface area contributed by atoms with Gasteiger partial charge in [-0.15, -0.1) is 0 Å². The first-order chi connectivity index (χ1) is 8.38. The summed E-state index contributed by atoms with van der Waals surface area (Å²) in [5.41, 5.74) is 0.789. The number of hydrogen-bond donors (Lipinski definition) is 0. The fourth-order valence-corrected chi connectivity index (χ4v) is 4.47. The van der Waals surface area contributed by atoms with E-state index in [9.17, 15) is 12.8 Å². The quantitative estimate of drug-likeness (QED) is 0.807. The van der Waals surface area contributed by atoms with Gasteiger partial charge in [0.2, 0.25) is 0 Å². The van der Waals surface area contributed by atoms with Crippen LogP contribution in [-0.2, 0) is 9.84 Å². The second kappa shape index (κ2) is 4.97. The molecule has 0 saturated carbocycles. The molecular weight excluding hydrogens is 319 g/mol. The molecule has 0 N–H and O–H groups in total. The standard InChI is InChI=1S/C13H12BrFO2S/c1-18(16,17)8-12(14)10-6-7-13(15)11-5-3-2-4-9(10)11/h2-7,12H,8H2,1H3. The summed E-state index contributed by atoms with van der Waals surface area (Å²) in [6, 6.07) is 10.1. The molecule has 0 fully saturated rings. The van der Waals surface area contributed by atoms with Gasteiger partial charge in [0.1, 0.15) is 15.7 Å². The van der Waals surface area contributed by atoms with Crippen molar-refractivity contribution < 1.29 is 12.8 Å². The highest BCUT2D eigenvalue weighted by Gasteiger charge is 2.17. The highest BCUT2D eigenvalue weighted by atomic mass is 79.9. The molecule has 18 heavy (non-hydrogen) atoms. The van der Waals surface area contributed by atoms with Gasteiger partial charge in [-0.05, 0) is 17.0 Å². The van der Waals surface area contributed by atoms with E-state index < -0.39 is 9.84 Å². The Hall–Kier alpha value is -0.940. The van der Waals surface area contributed by atoms with Gasteiger partial charge >= 0.3 is 0 Å². The molecular formula is C13H12BrFO2S. The third-order valence-corrected chi connectivity index (χ3v) is 4.88. The number of halogens is 2. The van der Waals surface area contributed by atoms with Crippen molar-refractivity contribution in [1.29, 1.82) is 0 Å². The summed E-state index contributed by atoms with van der Waals surface area (Å²) in [4.78, 5) is -0.335. The maximum atomic E-state index is 13.6. The Bertz CT molecular complexity index is 682. The van der Waals surface area contributed by atoms with Crippen LogP contribution in [0.5, 0.6) is 0 Å². The van der Waals surface area contributed by atoms with Gasteiger partial charge in [0.25, 0.3) is 0 Å². The van der Waals surface area contributed by atoms with E-state index in [0.29, 0.717) is 5.39 Å². The summed E-state index contributed by atoms with van der Waals surface area (Å²) >= 11 is 3.37. The second-order valence-electron chi connectivity index (χ2n) is 4.24. The number of rotatable bonds is 3. The van der Waals surface area contributed by atoms with Crippen LogP contribution in [0, 0.1) is 5.82 Å². The molecule has 0 aromatic heterocycles. The average Bonchev–Trinajstić information content (AvgIpc) is 2.27. The zero-order valence-electron chi connectivity index (χ0n) is 9.73. The van der Waals surface area contributed by atoms with Gasteiger partial charge in [0.15, 0.2) is 0 Å². The van der Waals surface area contributed by atoms with Crippen LogP contribution < -0.4 is 0 Å². The highest BCUT2D eigenvalue weighted by Crippen LogP contribution is 2.32. The first-order valence-electron chi connectivity index (χ1n) is 5.37. The topological polar surface area (TPSA) is 34.1 Å². The molecule has 0 aliphatic rings. The van der Waals surface area contributed by atoms with Crippen LogP contribution in [0.3, 0.4) is 0 Å². The molecule has 0 aliphatic carbocycles. The monoisotopic (exact) mass is 330 g/mol. The van der Waals surface area contributed by atoms with E-state index in [0.717, 1.165) is 10.9 Å². The molecule has 0 saturated heterocycles. The van der Waals surface area contributed by atoms with Crippen molar-refractivity contribution in [3.63, 3.8) is 0 Å². The van der Waals surface area contributed by atoms with Crippen LogP contribution in [-0.4, -0.2) is 20.4 Å². The number of hydrogen-bond acceptors (Lipinski definition) is 2. The molecule has 0 spiro atoms. The summed E-state index contributed by atoms with van der Waals surface area (Å²) in [5, 5.41) is 1.25. The zero-order valence-corrected chi connectivity index (χ0v) is 12.1. The van der Waals surface area contributed by atoms with E-state index in [1.54, 1.807) is 24.3 Å². The average molecular weight is 331 g/mol. The molecule has 0 amide bonds. The lowest BCUT2D eigenvalue weighted by molar-refractivity contribution is 0.601. The summed E-state index contributed by atoms with van der Waals surface area (Å²) in [6.45, 7) is 0. The minimum atomic E-state index is -3.09. The Labute approximate surface area is 114 Å². The predicted octanol–water partition coefficient (Wildman–Crippen LogP) is 3.46. The third-order valence-electron chi connectivity index (χ3n) is 2.69. The molecule has 2 aromatic rings. The van der Waals surface area contributed by atoms with Gasteiger partial charge in [-0.2, -0.15) is 0 Å². The Morgan fingerprint density at radius 2 is 1.78 bits per heavy atom. The van der Waals surface area contributed by atoms with Crippen molar-refractivity contribution in [2.75, 3.05) is 12.0 Å². The Balaban J connectivity index is 2.55. The molecule has 0 heterocycles. The van der Waals surface area contributed by atoms with Crippen LogP contribution >= 0.6 is 15.9 Å². The lowest BCUT2D eigenvalue weighted by Crippen LogP contribution is -2.09. The molecule has 2 aromatic carbocycles. The minimum absolute atomic E-state index is 0.0113. The minimum Gasteiger partial charge on any atom is -0.229 e. The molecule has 1 atom stereocenters. The van der Waals surface area contributed by atoms with Crippen LogP contribution in [0.4, 0.5) is 4.39 Å². The van der Waals surface area contributed by atoms with Crippen LogP contribution in [0.1, 0.15) is 10.4 Å².